The number of H-pyrrole nitrogens is 1. The molecular weight excluding hydrogens is 303 g/mol. The van der Waals surface area contributed by atoms with Crippen molar-refractivity contribution in [3.8, 4) is 11.6 Å². The fraction of sp³-hybridized carbons (Fsp3) is 0.286. The summed E-state index contributed by atoms with van der Waals surface area (Å²) in [6.07, 6.45) is -5.13. The van der Waals surface area contributed by atoms with Gasteiger partial charge in [0.1, 0.15) is 0 Å². The van der Waals surface area contributed by atoms with Gasteiger partial charge in [-0.2, -0.15) is 0 Å². The van der Waals surface area contributed by atoms with E-state index in [0.29, 0.717) is 6.07 Å². The van der Waals surface area contributed by atoms with Crippen molar-refractivity contribution in [1.82, 2.24) is 4.98 Å². The van der Waals surface area contributed by atoms with Gasteiger partial charge in [-0.05, 0) is 0 Å². The minimum atomic E-state index is -5.13. The Morgan fingerprint density at radius 1 is 1.39 bits per heavy atom. The highest BCUT2D eigenvalue weighted by Gasteiger charge is 2.34. The maximum atomic E-state index is 12.0. The third kappa shape index (κ3) is 3.53. The molecule has 0 radical (unpaired) electrons. The molecule has 102 valence electrons. The number of nitrogens with one attached hydrogen (secondary N) is 1. The Hall–Kier alpha value is -1.42. The second kappa shape index (κ2) is 4.69. The van der Waals surface area contributed by atoms with Crippen LogP contribution in [0.2, 0.25) is 0 Å². The summed E-state index contributed by atoms with van der Waals surface area (Å²) in [5, 5.41) is -0.936. The fourth-order valence-electron chi connectivity index (χ4n) is 1.01. The van der Waals surface area contributed by atoms with Crippen LogP contribution in [0.5, 0.6) is 11.6 Å². The van der Waals surface area contributed by atoms with Crippen LogP contribution >= 0.6 is 10.7 Å². The molecule has 1 N–H and O–H groups in total. The number of hydrogen-bond donors (Lipinski definition) is 1. The van der Waals surface area contributed by atoms with Gasteiger partial charge in [-0.1, -0.05) is 0 Å². The number of rotatable bonds is 3. The number of aromatic nitrogens is 1. The molecule has 0 saturated carbocycles. The van der Waals surface area contributed by atoms with E-state index in [2.05, 4.69) is 9.47 Å². The fourth-order valence-corrected chi connectivity index (χ4v) is 1.73. The van der Waals surface area contributed by atoms with Crippen molar-refractivity contribution in [1.29, 1.82) is 0 Å². The molecule has 1 rings (SSSR count). The lowest BCUT2D eigenvalue weighted by Gasteiger charge is -2.12. The molecule has 11 heteroatoms. The number of alkyl halides is 3. The van der Waals surface area contributed by atoms with Crippen molar-refractivity contribution >= 4 is 19.7 Å². The lowest BCUT2D eigenvalue weighted by atomic mass is 10.4. The predicted octanol–water partition coefficient (Wildman–Crippen LogP) is 1.21. The zero-order valence-electron chi connectivity index (χ0n) is 8.54. The Balaban J connectivity index is 3.47. The summed E-state index contributed by atoms with van der Waals surface area (Å²) >= 11 is 0. The van der Waals surface area contributed by atoms with E-state index in [-0.39, 0.29) is 0 Å². The first-order valence-electron chi connectivity index (χ1n) is 4.06. The summed E-state index contributed by atoms with van der Waals surface area (Å²) in [5.41, 5.74) is -1.13. The van der Waals surface area contributed by atoms with Crippen LogP contribution in [0.1, 0.15) is 0 Å². The molecular formula is C7H5ClF3NO5S. The molecule has 0 aliphatic carbocycles. The second-order valence-corrected chi connectivity index (χ2v) is 5.38. The lowest BCUT2D eigenvalue weighted by Crippen LogP contribution is -2.21. The largest absolute Gasteiger partial charge is 0.574 e. The second-order valence-electron chi connectivity index (χ2n) is 2.85. The molecule has 1 aromatic heterocycles. The van der Waals surface area contributed by atoms with E-state index in [9.17, 15) is 26.4 Å². The van der Waals surface area contributed by atoms with Crippen LogP contribution in [0.3, 0.4) is 0 Å². The number of ether oxygens (including phenoxy) is 2. The van der Waals surface area contributed by atoms with Crippen LogP contribution in [0.25, 0.3) is 0 Å². The number of halogens is 4. The average Bonchev–Trinajstić information content (AvgIpc) is 2.13. The summed E-state index contributed by atoms with van der Waals surface area (Å²) in [7, 11) is 1.40. The van der Waals surface area contributed by atoms with Crippen molar-refractivity contribution in [3.63, 3.8) is 0 Å². The zero-order chi connectivity index (χ0) is 14.1. The molecule has 0 saturated heterocycles. The quantitative estimate of drug-likeness (QED) is 0.848. The Kier molecular flexibility index (Phi) is 3.81. The normalized spacial score (nSPS) is 12.3. The Morgan fingerprint density at radius 2 is 1.94 bits per heavy atom. The monoisotopic (exact) mass is 307 g/mol. The summed E-state index contributed by atoms with van der Waals surface area (Å²) in [6, 6.07) is 0.477. The molecule has 0 spiro atoms. The van der Waals surface area contributed by atoms with Crippen LogP contribution in [0.15, 0.2) is 15.9 Å². The highest BCUT2D eigenvalue weighted by atomic mass is 35.7. The van der Waals surface area contributed by atoms with E-state index in [1.807, 2.05) is 0 Å². The van der Waals surface area contributed by atoms with Crippen LogP contribution in [-0.2, 0) is 9.05 Å². The minimum absolute atomic E-state index is 0.477. The first-order valence-corrected chi connectivity index (χ1v) is 6.37. The number of pyridine rings is 1. The first kappa shape index (κ1) is 14.6. The van der Waals surface area contributed by atoms with E-state index in [0.717, 1.165) is 7.11 Å². The van der Waals surface area contributed by atoms with E-state index >= 15 is 0 Å². The van der Waals surface area contributed by atoms with Crippen LogP contribution in [-0.4, -0.2) is 26.9 Å². The Bertz CT molecular complexity index is 608. The zero-order valence-corrected chi connectivity index (χ0v) is 10.1. The summed E-state index contributed by atoms with van der Waals surface area (Å²) in [5.74, 6) is -2.02. The number of aromatic amines is 1. The highest BCUT2D eigenvalue weighted by Crippen LogP contribution is 2.28. The van der Waals surface area contributed by atoms with E-state index in [1.165, 1.54) is 0 Å². The lowest BCUT2D eigenvalue weighted by molar-refractivity contribution is -0.276. The molecule has 0 aliphatic rings. The third-order valence-corrected chi connectivity index (χ3v) is 2.86. The summed E-state index contributed by atoms with van der Waals surface area (Å²) in [4.78, 5) is 13.0. The molecule has 18 heavy (non-hydrogen) atoms. The van der Waals surface area contributed by atoms with Crippen molar-refractivity contribution in [3.05, 3.63) is 16.3 Å². The van der Waals surface area contributed by atoms with Gasteiger partial charge in [0.15, 0.2) is 5.03 Å². The van der Waals surface area contributed by atoms with Gasteiger partial charge in [0.25, 0.3) is 9.05 Å². The maximum Gasteiger partial charge on any atom is 0.574 e. The SMILES string of the molecule is COc1c(OC(F)(F)F)[nH]c(S(=O)(=O)Cl)cc1=O. The standard InChI is InChI=1S/C7H5ClF3NO5S/c1-16-5-3(13)2-4(18(8,14)15)12-6(5)17-7(9,10)11/h2H,1H3,(H,12,13). The highest BCUT2D eigenvalue weighted by molar-refractivity contribution is 8.13. The Labute approximate surface area is 103 Å². The van der Waals surface area contributed by atoms with Gasteiger partial charge in [0, 0.05) is 16.7 Å². The maximum absolute atomic E-state index is 12.0. The smallest absolute Gasteiger partial charge is 0.488 e. The molecule has 1 heterocycles. The van der Waals surface area contributed by atoms with E-state index in [4.69, 9.17) is 10.7 Å². The molecule has 6 nitrogen and oxygen atoms in total. The van der Waals surface area contributed by atoms with E-state index < -0.39 is 37.5 Å². The van der Waals surface area contributed by atoms with Crippen LogP contribution < -0.4 is 14.9 Å². The van der Waals surface area contributed by atoms with Gasteiger partial charge in [0.05, 0.1) is 7.11 Å². The van der Waals surface area contributed by atoms with E-state index in [1.54, 1.807) is 4.98 Å². The van der Waals surface area contributed by atoms with Gasteiger partial charge in [-0.15, -0.1) is 13.2 Å². The first-order chi connectivity index (χ1) is 8.04. The molecule has 0 atom stereocenters. The summed E-state index contributed by atoms with van der Waals surface area (Å²) in [6.45, 7) is 0. The molecule has 0 aliphatic heterocycles. The average molecular weight is 308 g/mol. The van der Waals surface area contributed by atoms with Crippen LogP contribution in [0.4, 0.5) is 13.2 Å². The minimum Gasteiger partial charge on any atom is -0.488 e. The van der Waals surface area contributed by atoms with Gasteiger partial charge in [0.2, 0.25) is 17.1 Å². The molecule has 0 aromatic carbocycles. The van der Waals surface area contributed by atoms with Crippen molar-refractivity contribution < 1.29 is 31.1 Å². The Morgan fingerprint density at radius 3 is 2.33 bits per heavy atom. The van der Waals surface area contributed by atoms with Crippen molar-refractivity contribution in [2.24, 2.45) is 0 Å². The van der Waals surface area contributed by atoms with Gasteiger partial charge in [-0.3, -0.25) is 4.79 Å². The predicted molar refractivity (Wildman–Crippen MR) is 53.3 cm³/mol. The number of hydrogen-bond acceptors (Lipinski definition) is 5. The van der Waals surface area contributed by atoms with Crippen molar-refractivity contribution in [2.45, 2.75) is 11.4 Å². The molecule has 0 unspecified atom stereocenters. The number of methoxy groups -OCH3 is 1. The van der Waals surface area contributed by atoms with Crippen molar-refractivity contribution in [2.75, 3.05) is 7.11 Å². The molecule has 0 amide bonds. The summed E-state index contributed by atoms with van der Waals surface area (Å²) < 4.78 is 65.8. The van der Waals surface area contributed by atoms with Gasteiger partial charge < -0.3 is 14.5 Å². The molecule has 0 bridgehead atoms. The van der Waals surface area contributed by atoms with Gasteiger partial charge >= 0.3 is 6.36 Å². The van der Waals surface area contributed by atoms with Gasteiger partial charge in [-0.25, -0.2) is 8.42 Å². The topological polar surface area (TPSA) is 85.5 Å². The van der Waals surface area contributed by atoms with Crippen LogP contribution in [0, 0.1) is 0 Å². The molecule has 1 aromatic rings. The molecule has 0 fully saturated rings. The third-order valence-electron chi connectivity index (χ3n) is 1.61.